The molecule has 1 heterocycles. The van der Waals surface area contributed by atoms with E-state index in [-0.39, 0.29) is 42.5 Å². The largest absolute Gasteiger partial charge is 0.322 e. The summed E-state index contributed by atoms with van der Waals surface area (Å²) in [6, 6.07) is 14.8. The minimum absolute atomic E-state index is 0. The average molecular weight is 402 g/mol. The van der Waals surface area contributed by atoms with Crippen LogP contribution in [0.5, 0.6) is 0 Å². The molecule has 0 radical (unpaired) electrons. The lowest BCUT2D eigenvalue weighted by Crippen LogP contribution is -2.22. The van der Waals surface area contributed by atoms with Crippen LogP contribution in [0.25, 0.3) is 0 Å². The van der Waals surface area contributed by atoms with Crippen LogP contribution in [0.1, 0.15) is 34.8 Å². The van der Waals surface area contributed by atoms with Crippen LogP contribution in [0.3, 0.4) is 0 Å². The summed E-state index contributed by atoms with van der Waals surface area (Å²) < 4.78 is 0. The van der Waals surface area contributed by atoms with Crippen molar-refractivity contribution in [2.24, 2.45) is 5.92 Å². The molecule has 0 aromatic heterocycles. The molecule has 1 fully saturated rings. The Morgan fingerprint density at radius 3 is 2.46 bits per heavy atom. The van der Waals surface area contributed by atoms with E-state index in [9.17, 15) is 14.4 Å². The van der Waals surface area contributed by atoms with Gasteiger partial charge in [0, 0.05) is 24.2 Å². The highest BCUT2D eigenvalue weighted by molar-refractivity contribution is 6.05. The number of carbonyl (C=O) groups excluding carboxylic acids is 3. The maximum atomic E-state index is 12.6. The van der Waals surface area contributed by atoms with Gasteiger partial charge in [-0.3, -0.25) is 19.7 Å². The average Bonchev–Trinajstić information content (AvgIpc) is 2.98. The molecule has 0 bridgehead atoms. The van der Waals surface area contributed by atoms with Crippen molar-refractivity contribution >= 4 is 35.8 Å². The van der Waals surface area contributed by atoms with Crippen LogP contribution >= 0.6 is 12.4 Å². The summed E-state index contributed by atoms with van der Waals surface area (Å²) in [6.07, 6.45) is 0.717. The van der Waals surface area contributed by atoms with Crippen LogP contribution in [-0.2, 0) is 22.6 Å². The molecule has 6 nitrogen and oxygen atoms in total. The van der Waals surface area contributed by atoms with Crippen LogP contribution in [0.15, 0.2) is 48.5 Å². The number of carbonyl (C=O) groups is 3. The SMILES string of the molecule is CCNCc1ccccc1NC(=O)c1ccc(CC2CC(=O)NC2=O)cc1.Cl. The van der Waals surface area contributed by atoms with Gasteiger partial charge in [0.1, 0.15) is 0 Å². The molecule has 0 aliphatic carbocycles. The van der Waals surface area contributed by atoms with E-state index >= 15 is 0 Å². The zero-order valence-electron chi connectivity index (χ0n) is 15.7. The first-order valence-corrected chi connectivity index (χ1v) is 9.09. The lowest BCUT2D eigenvalue weighted by molar-refractivity contribution is -0.125. The van der Waals surface area contributed by atoms with E-state index in [1.165, 1.54) is 0 Å². The molecule has 1 saturated heterocycles. The first kappa shape index (κ1) is 21.6. The predicted octanol–water partition coefficient (Wildman–Crippen LogP) is 2.68. The van der Waals surface area contributed by atoms with E-state index in [4.69, 9.17) is 0 Å². The van der Waals surface area contributed by atoms with Crippen molar-refractivity contribution in [3.63, 3.8) is 0 Å². The van der Waals surface area contributed by atoms with E-state index in [1.807, 2.05) is 43.3 Å². The number of anilines is 1. The maximum absolute atomic E-state index is 12.6. The van der Waals surface area contributed by atoms with E-state index in [2.05, 4.69) is 16.0 Å². The van der Waals surface area contributed by atoms with Gasteiger partial charge in [0.2, 0.25) is 11.8 Å². The molecule has 1 aliphatic heterocycles. The summed E-state index contributed by atoms with van der Waals surface area (Å²) in [6.45, 7) is 3.58. The highest BCUT2D eigenvalue weighted by atomic mass is 35.5. The third kappa shape index (κ3) is 5.41. The quantitative estimate of drug-likeness (QED) is 0.622. The Morgan fingerprint density at radius 2 is 1.82 bits per heavy atom. The molecular formula is C21H24ClN3O3. The van der Waals surface area contributed by atoms with Crippen LogP contribution in [0, 0.1) is 5.92 Å². The van der Waals surface area contributed by atoms with Gasteiger partial charge >= 0.3 is 0 Å². The fraction of sp³-hybridized carbons (Fsp3) is 0.286. The number of nitrogens with one attached hydrogen (secondary N) is 3. The number of benzene rings is 2. The summed E-state index contributed by atoms with van der Waals surface area (Å²) in [7, 11) is 0. The van der Waals surface area contributed by atoms with Crippen molar-refractivity contribution in [2.45, 2.75) is 26.3 Å². The fourth-order valence-corrected chi connectivity index (χ4v) is 3.10. The number of hydrogen-bond donors (Lipinski definition) is 3. The van der Waals surface area contributed by atoms with Crippen molar-refractivity contribution in [3.05, 3.63) is 65.2 Å². The molecule has 2 aromatic rings. The third-order valence-electron chi connectivity index (χ3n) is 4.59. The number of para-hydroxylation sites is 1. The molecule has 0 spiro atoms. The standard InChI is InChI=1S/C21H23N3O3.ClH/c1-2-22-13-16-5-3-4-6-18(16)23-20(26)15-9-7-14(8-10-15)11-17-12-19(25)24-21(17)27;/h3-10,17,22H,2,11-13H2,1H3,(H,23,26)(H,24,25,27);1H. The second kappa shape index (κ2) is 10.0. The van der Waals surface area contributed by atoms with E-state index in [1.54, 1.807) is 12.1 Å². The second-order valence-electron chi connectivity index (χ2n) is 6.61. The molecule has 3 N–H and O–H groups in total. The van der Waals surface area contributed by atoms with Gasteiger partial charge in [0.05, 0.1) is 5.92 Å². The van der Waals surface area contributed by atoms with Gasteiger partial charge in [-0.05, 0) is 42.3 Å². The van der Waals surface area contributed by atoms with Crippen molar-refractivity contribution in [1.29, 1.82) is 0 Å². The summed E-state index contributed by atoms with van der Waals surface area (Å²) in [5, 5.41) is 8.53. The lowest BCUT2D eigenvalue weighted by Gasteiger charge is -2.12. The van der Waals surface area contributed by atoms with Crippen molar-refractivity contribution < 1.29 is 14.4 Å². The van der Waals surface area contributed by atoms with Gasteiger partial charge in [-0.1, -0.05) is 37.3 Å². The van der Waals surface area contributed by atoms with Gasteiger partial charge in [-0.2, -0.15) is 0 Å². The molecular weight excluding hydrogens is 378 g/mol. The Bertz CT molecular complexity index is 852. The maximum Gasteiger partial charge on any atom is 0.255 e. The molecule has 0 saturated carbocycles. The second-order valence-corrected chi connectivity index (χ2v) is 6.61. The van der Waals surface area contributed by atoms with Crippen LogP contribution in [0.2, 0.25) is 0 Å². The van der Waals surface area contributed by atoms with Crippen LogP contribution < -0.4 is 16.0 Å². The summed E-state index contributed by atoms with van der Waals surface area (Å²) in [5.41, 5.74) is 3.28. The van der Waals surface area contributed by atoms with Gasteiger partial charge in [0.15, 0.2) is 0 Å². The molecule has 2 aromatic carbocycles. The Balaban J connectivity index is 0.00000280. The van der Waals surface area contributed by atoms with Crippen LogP contribution in [-0.4, -0.2) is 24.3 Å². The van der Waals surface area contributed by atoms with Gasteiger partial charge in [-0.15, -0.1) is 12.4 Å². The molecule has 1 atom stereocenters. The number of halogens is 1. The van der Waals surface area contributed by atoms with E-state index in [0.717, 1.165) is 23.4 Å². The topological polar surface area (TPSA) is 87.3 Å². The minimum atomic E-state index is -0.324. The Labute approximate surface area is 170 Å². The minimum Gasteiger partial charge on any atom is -0.322 e. The Morgan fingerprint density at radius 1 is 1.11 bits per heavy atom. The van der Waals surface area contributed by atoms with Crippen molar-refractivity contribution in [2.75, 3.05) is 11.9 Å². The molecule has 3 amide bonds. The summed E-state index contributed by atoms with van der Waals surface area (Å²) in [5.74, 6) is -0.953. The van der Waals surface area contributed by atoms with Gasteiger partial charge in [-0.25, -0.2) is 0 Å². The predicted molar refractivity (Wildman–Crippen MR) is 110 cm³/mol. The monoisotopic (exact) mass is 401 g/mol. The zero-order chi connectivity index (χ0) is 19.2. The number of hydrogen-bond acceptors (Lipinski definition) is 4. The lowest BCUT2D eigenvalue weighted by atomic mass is 9.97. The summed E-state index contributed by atoms with van der Waals surface area (Å²) in [4.78, 5) is 35.5. The molecule has 1 aliphatic rings. The number of rotatable bonds is 7. The van der Waals surface area contributed by atoms with E-state index < -0.39 is 0 Å². The van der Waals surface area contributed by atoms with Gasteiger partial charge in [0.25, 0.3) is 5.91 Å². The van der Waals surface area contributed by atoms with Crippen molar-refractivity contribution in [3.8, 4) is 0 Å². The number of imide groups is 1. The summed E-state index contributed by atoms with van der Waals surface area (Å²) >= 11 is 0. The Kier molecular flexibility index (Phi) is 7.72. The van der Waals surface area contributed by atoms with Crippen LogP contribution in [0.4, 0.5) is 5.69 Å². The smallest absolute Gasteiger partial charge is 0.255 e. The highest BCUT2D eigenvalue weighted by Gasteiger charge is 2.30. The highest BCUT2D eigenvalue weighted by Crippen LogP contribution is 2.19. The fourth-order valence-electron chi connectivity index (χ4n) is 3.10. The Hall–Kier alpha value is -2.70. The van der Waals surface area contributed by atoms with E-state index in [0.29, 0.717) is 18.5 Å². The first-order valence-electron chi connectivity index (χ1n) is 9.09. The molecule has 3 rings (SSSR count). The van der Waals surface area contributed by atoms with Gasteiger partial charge < -0.3 is 10.6 Å². The zero-order valence-corrected chi connectivity index (χ0v) is 16.5. The molecule has 28 heavy (non-hydrogen) atoms. The van der Waals surface area contributed by atoms with Crippen molar-refractivity contribution in [1.82, 2.24) is 10.6 Å². The molecule has 1 unspecified atom stereocenters. The normalized spacial score (nSPS) is 15.7. The molecule has 148 valence electrons. The third-order valence-corrected chi connectivity index (χ3v) is 4.59. The number of amides is 3. The first-order chi connectivity index (χ1) is 13.1. The molecule has 7 heteroatoms.